The number of hydrogen-bond acceptors (Lipinski definition) is 3. The van der Waals surface area contributed by atoms with Crippen molar-refractivity contribution in [3.63, 3.8) is 0 Å². The Kier molecular flexibility index (Phi) is 4.00. The summed E-state index contributed by atoms with van der Waals surface area (Å²) in [7, 11) is 0. The summed E-state index contributed by atoms with van der Waals surface area (Å²) in [5, 5.41) is 4.55. The number of rotatable bonds is 4. The first-order chi connectivity index (χ1) is 8.61. The summed E-state index contributed by atoms with van der Waals surface area (Å²) in [6, 6.07) is 8.48. The Bertz CT molecular complexity index is 532. The van der Waals surface area contributed by atoms with Gasteiger partial charge in [-0.2, -0.15) is 0 Å². The third-order valence-electron chi connectivity index (χ3n) is 2.96. The Morgan fingerprint density at radius 1 is 1.28 bits per heavy atom. The molecule has 0 aliphatic carbocycles. The van der Waals surface area contributed by atoms with Crippen LogP contribution < -0.4 is 5.32 Å². The van der Waals surface area contributed by atoms with Gasteiger partial charge >= 0.3 is 0 Å². The second-order valence-corrected chi connectivity index (χ2v) is 5.86. The molecule has 0 radical (unpaired) electrons. The van der Waals surface area contributed by atoms with Crippen LogP contribution in [-0.4, -0.2) is 11.0 Å². The molecule has 0 aliphatic heterocycles. The van der Waals surface area contributed by atoms with Gasteiger partial charge in [0.1, 0.15) is 5.01 Å². The molecule has 0 spiro atoms. The third kappa shape index (κ3) is 2.72. The van der Waals surface area contributed by atoms with Crippen molar-refractivity contribution in [1.29, 1.82) is 0 Å². The number of nitrogens with one attached hydrogen (secondary N) is 1. The molecule has 0 saturated carbocycles. The van der Waals surface area contributed by atoms with Crippen LogP contribution in [0.15, 0.2) is 24.3 Å². The second-order valence-electron chi connectivity index (χ2n) is 4.80. The Balaban J connectivity index is 2.18. The summed E-state index contributed by atoms with van der Waals surface area (Å²) in [4.78, 5) is 4.65. The van der Waals surface area contributed by atoms with E-state index in [1.165, 1.54) is 4.70 Å². The SMILES string of the molecule is C#CC(NC(C)c1nc2ccccc2s1)C(C)C. The van der Waals surface area contributed by atoms with E-state index in [0.29, 0.717) is 5.92 Å². The first-order valence-electron chi connectivity index (χ1n) is 6.19. The first kappa shape index (κ1) is 13.1. The van der Waals surface area contributed by atoms with Gasteiger partial charge in [0.25, 0.3) is 0 Å². The lowest BCUT2D eigenvalue weighted by Crippen LogP contribution is -2.34. The predicted molar refractivity (Wildman–Crippen MR) is 78.6 cm³/mol. The molecule has 1 aromatic heterocycles. The lowest BCUT2D eigenvalue weighted by atomic mass is 10.0. The largest absolute Gasteiger partial charge is 0.295 e. The number of benzene rings is 1. The molecule has 2 unspecified atom stereocenters. The summed E-state index contributed by atoms with van der Waals surface area (Å²) in [6.07, 6.45) is 5.55. The van der Waals surface area contributed by atoms with Crippen molar-refractivity contribution in [2.24, 2.45) is 5.92 Å². The van der Waals surface area contributed by atoms with Gasteiger partial charge in [-0.1, -0.05) is 31.9 Å². The van der Waals surface area contributed by atoms with Crippen molar-refractivity contribution < 1.29 is 0 Å². The van der Waals surface area contributed by atoms with Crippen molar-refractivity contribution in [3.8, 4) is 12.3 Å². The minimum Gasteiger partial charge on any atom is -0.295 e. The average molecular weight is 258 g/mol. The monoisotopic (exact) mass is 258 g/mol. The minimum atomic E-state index is 0.0898. The van der Waals surface area contributed by atoms with Gasteiger partial charge in [0.15, 0.2) is 0 Å². The number of aromatic nitrogens is 1. The predicted octanol–water partition coefficient (Wildman–Crippen LogP) is 3.60. The summed E-state index contributed by atoms with van der Waals surface area (Å²) >= 11 is 1.73. The van der Waals surface area contributed by atoms with Gasteiger partial charge < -0.3 is 0 Å². The van der Waals surface area contributed by atoms with Crippen molar-refractivity contribution in [1.82, 2.24) is 10.3 Å². The van der Waals surface area contributed by atoms with Crippen LogP contribution in [-0.2, 0) is 0 Å². The highest BCUT2D eigenvalue weighted by Gasteiger charge is 2.17. The van der Waals surface area contributed by atoms with E-state index in [1.54, 1.807) is 11.3 Å². The van der Waals surface area contributed by atoms with Crippen LogP contribution in [0.4, 0.5) is 0 Å². The first-order valence-corrected chi connectivity index (χ1v) is 7.01. The normalized spacial score (nSPS) is 14.6. The maximum absolute atomic E-state index is 5.55. The van der Waals surface area contributed by atoms with Gasteiger partial charge in [-0.15, -0.1) is 17.8 Å². The zero-order valence-corrected chi connectivity index (χ0v) is 11.8. The molecule has 0 aliphatic rings. The zero-order valence-electron chi connectivity index (χ0n) is 11.0. The van der Waals surface area contributed by atoms with E-state index in [4.69, 9.17) is 6.42 Å². The van der Waals surface area contributed by atoms with Crippen molar-refractivity contribution in [2.75, 3.05) is 0 Å². The third-order valence-corrected chi connectivity index (χ3v) is 4.18. The lowest BCUT2D eigenvalue weighted by molar-refractivity contribution is 0.431. The molecular weight excluding hydrogens is 240 g/mol. The van der Waals surface area contributed by atoms with Crippen LogP contribution in [0, 0.1) is 18.3 Å². The molecule has 0 amide bonds. The maximum atomic E-state index is 5.55. The Hall–Kier alpha value is -1.37. The van der Waals surface area contributed by atoms with E-state index in [-0.39, 0.29) is 12.1 Å². The van der Waals surface area contributed by atoms with Crippen LogP contribution in [0.3, 0.4) is 0 Å². The van der Waals surface area contributed by atoms with Gasteiger partial charge in [-0.25, -0.2) is 4.98 Å². The minimum absolute atomic E-state index is 0.0898. The van der Waals surface area contributed by atoms with E-state index >= 15 is 0 Å². The standard InChI is InChI=1S/C15H18N2S/c1-5-12(10(2)3)16-11(4)15-17-13-8-6-7-9-14(13)18-15/h1,6-12,16H,2-4H3. The van der Waals surface area contributed by atoms with Crippen molar-refractivity contribution in [2.45, 2.75) is 32.9 Å². The molecule has 2 nitrogen and oxygen atoms in total. The molecule has 94 valence electrons. The molecule has 0 bridgehead atoms. The highest BCUT2D eigenvalue weighted by Crippen LogP contribution is 2.26. The van der Waals surface area contributed by atoms with E-state index in [1.807, 2.05) is 18.2 Å². The fourth-order valence-electron chi connectivity index (χ4n) is 1.85. The van der Waals surface area contributed by atoms with Crippen LogP contribution in [0.25, 0.3) is 10.2 Å². The van der Waals surface area contributed by atoms with E-state index < -0.39 is 0 Å². The molecule has 2 aromatic rings. The molecule has 0 fully saturated rings. The number of fused-ring (bicyclic) bond motifs is 1. The average Bonchev–Trinajstić information content (AvgIpc) is 2.79. The van der Waals surface area contributed by atoms with Crippen molar-refractivity contribution in [3.05, 3.63) is 29.3 Å². The van der Waals surface area contributed by atoms with Gasteiger partial charge in [0.05, 0.1) is 22.3 Å². The van der Waals surface area contributed by atoms with Crippen molar-refractivity contribution >= 4 is 21.6 Å². The number of terminal acetylenes is 1. The van der Waals surface area contributed by atoms with Crippen LogP contribution >= 0.6 is 11.3 Å². The maximum Gasteiger partial charge on any atom is 0.111 e. The zero-order chi connectivity index (χ0) is 13.1. The summed E-state index contributed by atoms with van der Waals surface area (Å²) in [6.45, 7) is 6.37. The molecule has 1 heterocycles. The molecule has 1 aromatic carbocycles. The summed E-state index contributed by atoms with van der Waals surface area (Å²) < 4.78 is 1.22. The molecule has 2 atom stereocenters. The van der Waals surface area contributed by atoms with E-state index in [0.717, 1.165) is 10.5 Å². The van der Waals surface area contributed by atoms with Gasteiger partial charge in [-0.3, -0.25) is 5.32 Å². The topological polar surface area (TPSA) is 24.9 Å². The van der Waals surface area contributed by atoms with Crippen LogP contribution in [0.1, 0.15) is 31.8 Å². The Morgan fingerprint density at radius 2 is 2.00 bits per heavy atom. The molecule has 18 heavy (non-hydrogen) atoms. The summed E-state index contributed by atoms with van der Waals surface area (Å²) in [5.41, 5.74) is 1.06. The van der Waals surface area contributed by atoms with Gasteiger partial charge in [0, 0.05) is 0 Å². The van der Waals surface area contributed by atoms with Gasteiger partial charge in [0.2, 0.25) is 0 Å². The number of para-hydroxylation sites is 1. The van der Waals surface area contributed by atoms with Crippen LogP contribution in [0.2, 0.25) is 0 Å². The molecule has 3 heteroatoms. The lowest BCUT2D eigenvalue weighted by Gasteiger charge is -2.20. The van der Waals surface area contributed by atoms with E-state index in [2.05, 4.69) is 43.1 Å². The molecule has 0 saturated heterocycles. The number of hydrogen-bond donors (Lipinski definition) is 1. The van der Waals surface area contributed by atoms with E-state index in [9.17, 15) is 0 Å². The summed E-state index contributed by atoms with van der Waals surface area (Å²) in [5.74, 6) is 3.22. The molecule has 1 N–H and O–H groups in total. The Morgan fingerprint density at radius 3 is 2.61 bits per heavy atom. The highest BCUT2D eigenvalue weighted by molar-refractivity contribution is 7.18. The fraction of sp³-hybridized carbons (Fsp3) is 0.400. The molecule has 2 rings (SSSR count). The van der Waals surface area contributed by atoms with Crippen LogP contribution in [0.5, 0.6) is 0 Å². The number of thiazole rings is 1. The number of nitrogens with zero attached hydrogens (tertiary/aromatic N) is 1. The Labute approximate surface area is 112 Å². The quantitative estimate of drug-likeness (QED) is 0.847. The second kappa shape index (κ2) is 5.51. The highest BCUT2D eigenvalue weighted by atomic mass is 32.1. The van der Waals surface area contributed by atoms with Gasteiger partial charge in [-0.05, 0) is 25.0 Å². The fourth-order valence-corrected chi connectivity index (χ4v) is 2.83. The molecular formula is C15H18N2S. The smallest absolute Gasteiger partial charge is 0.111 e.